The van der Waals surface area contributed by atoms with Gasteiger partial charge in [0.15, 0.2) is 5.69 Å². The van der Waals surface area contributed by atoms with Crippen molar-refractivity contribution in [3.8, 4) is 11.4 Å². The summed E-state index contributed by atoms with van der Waals surface area (Å²) in [7, 11) is 0. The summed E-state index contributed by atoms with van der Waals surface area (Å²) in [6.07, 6.45) is 1.37. The molecule has 0 saturated heterocycles. The number of carbonyl (C=O) groups is 1. The first-order chi connectivity index (χ1) is 13.0. The van der Waals surface area contributed by atoms with Gasteiger partial charge in [-0.2, -0.15) is 0 Å². The van der Waals surface area contributed by atoms with Gasteiger partial charge < -0.3 is 5.11 Å². The Hall–Kier alpha value is -4.07. The molecule has 4 rings (SSSR count). The van der Waals surface area contributed by atoms with E-state index in [1.165, 1.54) is 23.0 Å². The number of aromatic hydroxyl groups is 1. The van der Waals surface area contributed by atoms with Crippen LogP contribution in [0.2, 0.25) is 0 Å². The van der Waals surface area contributed by atoms with E-state index >= 15 is 0 Å². The fraction of sp³-hybridized carbons (Fsp3) is 0. The third-order valence-corrected chi connectivity index (χ3v) is 4.15. The molecule has 8 heteroatoms. The molecule has 1 heterocycles. The van der Waals surface area contributed by atoms with E-state index in [1.54, 1.807) is 12.1 Å². The zero-order valence-corrected chi connectivity index (χ0v) is 13.8. The molecular weight excluding hydrogens is 348 g/mol. The average molecular weight is 360 g/mol. The minimum absolute atomic E-state index is 0.100. The van der Waals surface area contributed by atoms with Crippen molar-refractivity contribution in [2.45, 2.75) is 0 Å². The number of ketones is 1. The zero-order valence-electron chi connectivity index (χ0n) is 13.8. The van der Waals surface area contributed by atoms with Crippen LogP contribution < -0.4 is 0 Å². The molecule has 0 aliphatic carbocycles. The summed E-state index contributed by atoms with van der Waals surface area (Å²) < 4.78 is 1.20. The van der Waals surface area contributed by atoms with Crippen molar-refractivity contribution in [2.75, 3.05) is 0 Å². The number of benzene rings is 3. The van der Waals surface area contributed by atoms with Crippen molar-refractivity contribution in [1.29, 1.82) is 0 Å². The second-order valence-corrected chi connectivity index (χ2v) is 5.87. The lowest BCUT2D eigenvalue weighted by atomic mass is 10.0. The number of phenolic OH excluding ortho intramolecular Hbond substituents is 1. The lowest BCUT2D eigenvalue weighted by molar-refractivity contribution is -0.384. The number of nitro groups is 1. The van der Waals surface area contributed by atoms with Gasteiger partial charge in [-0.25, -0.2) is 4.68 Å². The van der Waals surface area contributed by atoms with Crippen LogP contribution in [0.5, 0.6) is 5.75 Å². The van der Waals surface area contributed by atoms with Crippen molar-refractivity contribution in [1.82, 2.24) is 15.0 Å². The zero-order chi connectivity index (χ0) is 19.0. The van der Waals surface area contributed by atoms with E-state index in [0.717, 1.165) is 16.8 Å². The molecule has 3 aromatic carbocycles. The number of rotatable bonds is 4. The molecule has 0 fully saturated rings. The van der Waals surface area contributed by atoms with Crippen molar-refractivity contribution >= 4 is 22.2 Å². The molecule has 0 aliphatic rings. The highest BCUT2D eigenvalue weighted by Crippen LogP contribution is 2.26. The summed E-state index contributed by atoms with van der Waals surface area (Å²) in [6, 6.07) is 16.6. The summed E-state index contributed by atoms with van der Waals surface area (Å²) in [6.45, 7) is 0. The van der Waals surface area contributed by atoms with E-state index in [1.807, 2.05) is 30.3 Å². The van der Waals surface area contributed by atoms with Gasteiger partial charge in [-0.1, -0.05) is 41.6 Å². The van der Waals surface area contributed by atoms with E-state index in [9.17, 15) is 20.0 Å². The number of hydrogen-bond donors (Lipinski definition) is 1. The quantitative estimate of drug-likeness (QED) is 0.340. The third-order valence-electron chi connectivity index (χ3n) is 4.15. The molecular formula is C19H12N4O4. The van der Waals surface area contributed by atoms with E-state index in [4.69, 9.17) is 0 Å². The Morgan fingerprint density at radius 3 is 2.56 bits per heavy atom. The number of hydrogen-bond acceptors (Lipinski definition) is 6. The number of non-ortho nitro benzene ring substituents is 1. The second kappa shape index (κ2) is 6.34. The topological polar surface area (TPSA) is 111 Å². The first-order valence-corrected chi connectivity index (χ1v) is 7.96. The summed E-state index contributed by atoms with van der Waals surface area (Å²) in [5.74, 6) is -0.646. The molecule has 0 spiro atoms. The number of phenols is 1. The highest BCUT2D eigenvalue weighted by atomic mass is 16.6. The van der Waals surface area contributed by atoms with Gasteiger partial charge >= 0.3 is 0 Å². The molecule has 0 saturated carbocycles. The molecule has 0 unspecified atom stereocenters. The fourth-order valence-corrected chi connectivity index (χ4v) is 2.78. The summed E-state index contributed by atoms with van der Waals surface area (Å²) in [5, 5.41) is 30.4. The molecule has 4 aromatic rings. The maximum absolute atomic E-state index is 12.7. The highest BCUT2D eigenvalue weighted by molar-refractivity contribution is 6.09. The number of aromatic nitrogens is 3. The SMILES string of the molecule is O=C(c1ccc2ccccc2c1)c1cn(-c2ccc([N+](=O)[O-])cc2O)nn1. The van der Waals surface area contributed by atoms with Gasteiger partial charge in [-0.15, -0.1) is 5.10 Å². The first kappa shape index (κ1) is 16.4. The molecule has 0 bridgehead atoms. The molecule has 0 atom stereocenters. The molecule has 0 aliphatic heterocycles. The predicted octanol–water partition coefficient (Wildman–Crippen LogP) is 3.27. The van der Waals surface area contributed by atoms with Crippen LogP contribution in [0.15, 0.2) is 66.9 Å². The molecule has 1 aromatic heterocycles. The van der Waals surface area contributed by atoms with Gasteiger partial charge in [0, 0.05) is 11.6 Å². The summed E-state index contributed by atoms with van der Waals surface area (Å²) >= 11 is 0. The molecule has 0 radical (unpaired) electrons. The Balaban J connectivity index is 1.67. The van der Waals surface area contributed by atoms with Crippen LogP contribution in [0.4, 0.5) is 5.69 Å². The number of fused-ring (bicyclic) bond motifs is 1. The Morgan fingerprint density at radius 1 is 1.04 bits per heavy atom. The van der Waals surface area contributed by atoms with Crippen LogP contribution in [0.25, 0.3) is 16.5 Å². The van der Waals surface area contributed by atoms with E-state index in [0.29, 0.717) is 5.56 Å². The van der Waals surface area contributed by atoms with Gasteiger partial charge in [-0.3, -0.25) is 14.9 Å². The Bertz CT molecular complexity index is 1200. The van der Waals surface area contributed by atoms with Gasteiger partial charge in [0.1, 0.15) is 11.4 Å². The molecule has 27 heavy (non-hydrogen) atoms. The van der Waals surface area contributed by atoms with Crippen LogP contribution in [0.3, 0.4) is 0 Å². The standard InChI is InChI=1S/C19H12N4O4/c24-18-10-15(23(26)27)7-8-17(18)22-11-16(20-21-22)19(25)14-6-5-12-3-1-2-4-13(12)9-14/h1-11,24H. The molecule has 1 N–H and O–H groups in total. The highest BCUT2D eigenvalue weighted by Gasteiger charge is 2.17. The van der Waals surface area contributed by atoms with Crippen LogP contribution in [-0.2, 0) is 0 Å². The number of nitrogens with zero attached hydrogens (tertiary/aromatic N) is 4. The Kier molecular flexibility index (Phi) is 3.85. The minimum atomic E-state index is -0.612. The largest absolute Gasteiger partial charge is 0.505 e. The first-order valence-electron chi connectivity index (χ1n) is 7.96. The van der Waals surface area contributed by atoms with Crippen molar-refractivity contribution in [3.05, 3.63) is 88.2 Å². The van der Waals surface area contributed by atoms with Crippen LogP contribution in [-0.4, -0.2) is 30.8 Å². The fourth-order valence-electron chi connectivity index (χ4n) is 2.78. The summed E-state index contributed by atoms with van der Waals surface area (Å²) in [5.41, 5.74) is 0.506. The smallest absolute Gasteiger partial charge is 0.273 e. The number of carbonyl (C=O) groups excluding carboxylic acids is 1. The van der Waals surface area contributed by atoms with Crippen molar-refractivity contribution < 1.29 is 14.8 Å². The van der Waals surface area contributed by atoms with Crippen molar-refractivity contribution in [3.63, 3.8) is 0 Å². The van der Waals surface area contributed by atoms with Gasteiger partial charge in [-0.05, 0) is 22.9 Å². The normalized spacial score (nSPS) is 10.8. The van der Waals surface area contributed by atoms with Crippen LogP contribution in [0.1, 0.15) is 16.1 Å². The Morgan fingerprint density at radius 2 is 1.81 bits per heavy atom. The summed E-state index contributed by atoms with van der Waals surface area (Å²) in [4.78, 5) is 22.8. The molecule has 132 valence electrons. The van der Waals surface area contributed by atoms with E-state index in [-0.39, 0.29) is 28.6 Å². The maximum atomic E-state index is 12.7. The van der Waals surface area contributed by atoms with Crippen molar-refractivity contribution in [2.24, 2.45) is 0 Å². The predicted molar refractivity (Wildman–Crippen MR) is 97.1 cm³/mol. The van der Waals surface area contributed by atoms with E-state index < -0.39 is 4.92 Å². The lowest BCUT2D eigenvalue weighted by Gasteiger charge is -2.03. The van der Waals surface area contributed by atoms with Gasteiger partial charge in [0.25, 0.3) is 5.69 Å². The van der Waals surface area contributed by atoms with Gasteiger partial charge in [0.05, 0.1) is 17.2 Å². The number of nitro benzene ring substituents is 1. The van der Waals surface area contributed by atoms with Gasteiger partial charge in [0.2, 0.25) is 5.78 Å². The minimum Gasteiger partial charge on any atom is -0.505 e. The lowest BCUT2D eigenvalue weighted by Crippen LogP contribution is -2.01. The third kappa shape index (κ3) is 2.99. The van der Waals surface area contributed by atoms with Crippen LogP contribution in [0, 0.1) is 10.1 Å². The molecule has 0 amide bonds. The monoisotopic (exact) mass is 360 g/mol. The second-order valence-electron chi connectivity index (χ2n) is 5.87. The molecule has 8 nitrogen and oxygen atoms in total. The maximum Gasteiger partial charge on any atom is 0.273 e. The van der Waals surface area contributed by atoms with E-state index in [2.05, 4.69) is 10.3 Å². The van der Waals surface area contributed by atoms with Crippen LogP contribution >= 0.6 is 0 Å². The average Bonchev–Trinajstić information content (AvgIpc) is 3.16. The Labute approximate surface area is 152 Å².